The van der Waals surface area contributed by atoms with Crippen LogP contribution in [0.1, 0.15) is 5.56 Å². The number of fused-ring (bicyclic) bond motifs is 3. The summed E-state index contributed by atoms with van der Waals surface area (Å²) >= 11 is 1.25. The van der Waals surface area contributed by atoms with Crippen molar-refractivity contribution in [2.24, 2.45) is 0 Å². The number of carbonyl (C=O) groups excluding carboxylic acids is 1. The standard InChI is InChI=1S/C22H20FN5O2S/c1-3-12-27-20(30)17-6-4-5-7-18(17)28-21(27)24-25-22(28)31-14-19(29)26(2)13-15-8-10-16(23)11-9-15/h3-11H,1,12-14H2,2H3. The fourth-order valence-corrected chi connectivity index (χ4v) is 4.19. The first kappa shape index (κ1) is 20.8. The van der Waals surface area contributed by atoms with Gasteiger partial charge in [0.25, 0.3) is 5.56 Å². The van der Waals surface area contributed by atoms with Crippen LogP contribution in [-0.4, -0.2) is 42.8 Å². The number of halogens is 1. The third kappa shape index (κ3) is 4.09. The Bertz CT molecular complexity index is 1330. The van der Waals surface area contributed by atoms with Crippen LogP contribution in [0.3, 0.4) is 0 Å². The smallest absolute Gasteiger partial charge is 0.263 e. The van der Waals surface area contributed by atoms with E-state index < -0.39 is 0 Å². The largest absolute Gasteiger partial charge is 0.341 e. The molecule has 1 amide bonds. The van der Waals surface area contributed by atoms with E-state index in [9.17, 15) is 14.0 Å². The van der Waals surface area contributed by atoms with Crippen LogP contribution in [0.4, 0.5) is 4.39 Å². The highest BCUT2D eigenvalue weighted by Gasteiger charge is 2.18. The first-order valence-electron chi connectivity index (χ1n) is 9.58. The van der Waals surface area contributed by atoms with Gasteiger partial charge in [-0.15, -0.1) is 16.8 Å². The molecular formula is C22H20FN5O2S. The first-order chi connectivity index (χ1) is 15.0. The predicted molar refractivity (Wildman–Crippen MR) is 119 cm³/mol. The zero-order chi connectivity index (χ0) is 22.0. The quantitative estimate of drug-likeness (QED) is 0.328. The lowest BCUT2D eigenvalue weighted by atomic mass is 10.2. The molecular weight excluding hydrogens is 417 g/mol. The third-order valence-corrected chi connectivity index (χ3v) is 5.79. The summed E-state index contributed by atoms with van der Waals surface area (Å²) in [5.41, 5.74) is 1.36. The Morgan fingerprint density at radius 3 is 2.68 bits per heavy atom. The molecule has 0 radical (unpaired) electrons. The van der Waals surface area contributed by atoms with Gasteiger partial charge in [-0.25, -0.2) is 4.39 Å². The molecule has 2 aromatic heterocycles. The van der Waals surface area contributed by atoms with Gasteiger partial charge < -0.3 is 4.90 Å². The second-order valence-corrected chi connectivity index (χ2v) is 7.95. The molecule has 31 heavy (non-hydrogen) atoms. The molecule has 0 saturated heterocycles. The second kappa shape index (κ2) is 8.73. The summed E-state index contributed by atoms with van der Waals surface area (Å²) < 4.78 is 16.4. The summed E-state index contributed by atoms with van der Waals surface area (Å²) in [6.45, 7) is 4.39. The molecule has 0 saturated carbocycles. The Hall–Kier alpha value is -3.46. The van der Waals surface area contributed by atoms with Gasteiger partial charge in [-0.05, 0) is 29.8 Å². The molecule has 2 heterocycles. The molecule has 2 aromatic carbocycles. The van der Waals surface area contributed by atoms with Gasteiger partial charge in [-0.1, -0.05) is 42.1 Å². The Labute approximate surface area is 181 Å². The lowest BCUT2D eigenvalue weighted by Gasteiger charge is -2.17. The van der Waals surface area contributed by atoms with E-state index in [1.165, 1.54) is 28.5 Å². The molecule has 0 spiro atoms. The summed E-state index contributed by atoms with van der Waals surface area (Å²) in [7, 11) is 1.70. The Balaban J connectivity index is 1.60. The summed E-state index contributed by atoms with van der Waals surface area (Å²) in [6, 6.07) is 13.3. The highest BCUT2D eigenvalue weighted by atomic mass is 32.2. The van der Waals surface area contributed by atoms with Crippen LogP contribution in [-0.2, 0) is 17.9 Å². The van der Waals surface area contributed by atoms with Gasteiger partial charge in [-0.2, -0.15) is 0 Å². The van der Waals surface area contributed by atoms with Gasteiger partial charge in [0.2, 0.25) is 11.7 Å². The Kier molecular flexibility index (Phi) is 5.85. The number of hydrogen-bond acceptors (Lipinski definition) is 5. The van der Waals surface area contributed by atoms with E-state index in [1.807, 2.05) is 12.1 Å². The van der Waals surface area contributed by atoms with Crippen LogP contribution in [0.25, 0.3) is 16.7 Å². The van der Waals surface area contributed by atoms with Gasteiger partial charge in [0.05, 0.1) is 16.7 Å². The van der Waals surface area contributed by atoms with Crippen LogP contribution in [0, 0.1) is 5.82 Å². The lowest BCUT2D eigenvalue weighted by Crippen LogP contribution is -2.28. The average Bonchev–Trinajstić information content (AvgIpc) is 3.20. The molecule has 4 rings (SSSR count). The molecule has 0 unspecified atom stereocenters. The number of allylic oxidation sites excluding steroid dienone is 1. The van der Waals surface area contributed by atoms with Crippen LogP contribution in [0.5, 0.6) is 0 Å². The van der Waals surface area contributed by atoms with Crippen molar-refractivity contribution in [1.29, 1.82) is 0 Å². The zero-order valence-corrected chi connectivity index (χ0v) is 17.7. The van der Waals surface area contributed by atoms with E-state index in [4.69, 9.17) is 0 Å². The van der Waals surface area contributed by atoms with Crippen molar-refractivity contribution >= 4 is 34.3 Å². The zero-order valence-electron chi connectivity index (χ0n) is 16.9. The van der Waals surface area contributed by atoms with Crippen molar-refractivity contribution < 1.29 is 9.18 Å². The number of hydrogen-bond donors (Lipinski definition) is 0. The maximum absolute atomic E-state index is 13.1. The molecule has 158 valence electrons. The number of thioether (sulfide) groups is 1. The van der Waals surface area contributed by atoms with Crippen molar-refractivity contribution in [3.05, 3.63) is 82.9 Å². The Morgan fingerprint density at radius 1 is 1.19 bits per heavy atom. The average molecular weight is 438 g/mol. The van der Waals surface area contributed by atoms with E-state index in [0.717, 1.165) is 5.56 Å². The number of para-hydroxylation sites is 1. The number of nitrogens with zero attached hydrogens (tertiary/aromatic N) is 5. The van der Waals surface area contributed by atoms with E-state index in [0.29, 0.717) is 34.9 Å². The summed E-state index contributed by atoms with van der Waals surface area (Å²) in [5, 5.41) is 9.48. The minimum absolute atomic E-state index is 0.102. The minimum Gasteiger partial charge on any atom is -0.341 e. The maximum Gasteiger partial charge on any atom is 0.263 e. The molecule has 0 fully saturated rings. The van der Waals surface area contributed by atoms with Crippen molar-refractivity contribution in [3.63, 3.8) is 0 Å². The number of rotatable bonds is 7. The first-order valence-corrected chi connectivity index (χ1v) is 10.6. The monoisotopic (exact) mass is 437 g/mol. The second-order valence-electron chi connectivity index (χ2n) is 7.00. The van der Waals surface area contributed by atoms with Crippen LogP contribution < -0.4 is 5.56 Å². The fraction of sp³-hybridized carbons (Fsp3) is 0.182. The molecule has 0 aliphatic heterocycles. The van der Waals surface area contributed by atoms with E-state index in [2.05, 4.69) is 16.8 Å². The van der Waals surface area contributed by atoms with Gasteiger partial charge in [0.15, 0.2) is 5.16 Å². The molecule has 0 aliphatic carbocycles. The van der Waals surface area contributed by atoms with Crippen LogP contribution in [0.15, 0.2) is 71.1 Å². The van der Waals surface area contributed by atoms with E-state index >= 15 is 0 Å². The van der Waals surface area contributed by atoms with E-state index in [1.54, 1.807) is 46.7 Å². The van der Waals surface area contributed by atoms with Crippen molar-refractivity contribution in [2.75, 3.05) is 12.8 Å². The number of benzene rings is 2. The number of amides is 1. The van der Waals surface area contributed by atoms with Crippen molar-refractivity contribution in [2.45, 2.75) is 18.2 Å². The Morgan fingerprint density at radius 2 is 1.94 bits per heavy atom. The molecule has 4 aromatic rings. The van der Waals surface area contributed by atoms with Crippen LogP contribution in [0.2, 0.25) is 0 Å². The highest BCUT2D eigenvalue weighted by molar-refractivity contribution is 7.99. The van der Waals surface area contributed by atoms with Gasteiger partial charge in [0, 0.05) is 20.1 Å². The number of carbonyl (C=O) groups is 1. The van der Waals surface area contributed by atoms with Gasteiger partial charge in [-0.3, -0.25) is 18.6 Å². The molecule has 0 N–H and O–H groups in total. The SMILES string of the molecule is C=CCn1c(=O)c2ccccc2n2c(SCC(=O)N(C)Cc3ccc(F)cc3)nnc12. The lowest BCUT2D eigenvalue weighted by molar-refractivity contribution is -0.127. The summed E-state index contributed by atoms with van der Waals surface area (Å²) in [4.78, 5) is 27.1. The normalized spacial score (nSPS) is 11.2. The van der Waals surface area contributed by atoms with Gasteiger partial charge in [0.1, 0.15) is 5.82 Å². The predicted octanol–water partition coefficient (Wildman–Crippen LogP) is 3.12. The number of aromatic nitrogens is 4. The van der Waals surface area contributed by atoms with Gasteiger partial charge >= 0.3 is 0 Å². The molecule has 0 atom stereocenters. The topological polar surface area (TPSA) is 72.5 Å². The molecule has 0 aliphatic rings. The van der Waals surface area contributed by atoms with Crippen molar-refractivity contribution in [1.82, 2.24) is 24.1 Å². The summed E-state index contributed by atoms with van der Waals surface area (Å²) in [6.07, 6.45) is 1.63. The molecule has 0 bridgehead atoms. The van der Waals surface area contributed by atoms with Crippen LogP contribution >= 0.6 is 11.8 Å². The van der Waals surface area contributed by atoms with Crippen molar-refractivity contribution in [3.8, 4) is 0 Å². The summed E-state index contributed by atoms with van der Waals surface area (Å²) in [5.74, 6) is 0.134. The van der Waals surface area contributed by atoms with E-state index in [-0.39, 0.29) is 23.0 Å². The maximum atomic E-state index is 13.1. The fourth-order valence-electron chi connectivity index (χ4n) is 3.31. The highest BCUT2D eigenvalue weighted by Crippen LogP contribution is 2.22. The minimum atomic E-state index is -0.311. The molecule has 9 heteroatoms. The molecule has 7 nitrogen and oxygen atoms in total. The third-order valence-electron chi connectivity index (χ3n) is 4.87.